The molecular weight excluding hydrogens is 402 g/mol. The van der Waals surface area contributed by atoms with Crippen molar-refractivity contribution in [3.05, 3.63) is 65.2 Å². The molecule has 160 valence electrons. The van der Waals surface area contributed by atoms with Gasteiger partial charge in [-0.1, -0.05) is 30.3 Å². The first-order valence-electron chi connectivity index (χ1n) is 11.0. The summed E-state index contributed by atoms with van der Waals surface area (Å²) in [6.45, 7) is 2.14. The van der Waals surface area contributed by atoms with Crippen LogP contribution in [-0.4, -0.2) is 38.2 Å². The van der Waals surface area contributed by atoms with Gasteiger partial charge in [-0.2, -0.15) is 5.10 Å². The standard InChI is InChI=1S/C24H23N7O/c32-23-20-18(15-26-30-23)28-21(16-4-2-1-3-5-16)29-22(20)27-17-6-7-19(25-14-17)31-12-10-24(8-9-24)11-13-31/h1-7,14-15H,8-13H2,(H,30,32)(H,27,28,29). The predicted octanol–water partition coefficient (Wildman–Crippen LogP) is 3.90. The number of rotatable bonds is 4. The molecule has 1 saturated carbocycles. The number of hydrogen-bond donors (Lipinski definition) is 2. The van der Waals surface area contributed by atoms with E-state index < -0.39 is 0 Å². The highest BCUT2D eigenvalue weighted by Gasteiger charge is 2.44. The van der Waals surface area contributed by atoms with Crippen LogP contribution in [0.2, 0.25) is 0 Å². The molecule has 4 aromatic rings. The van der Waals surface area contributed by atoms with E-state index >= 15 is 0 Å². The van der Waals surface area contributed by atoms with Crippen molar-refractivity contribution >= 4 is 28.2 Å². The zero-order chi connectivity index (χ0) is 21.5. The van der Waals surface area contributed by atoms with E-state index in [0.29, 0.717) is 28.0 Å². The minimum absolute atomic E-state index is 0.337. The van der Waals surface area contributed by atoms with Crippen molar-refractivity contribution in [2.45, 2.75) is 25.7 Å². The van der Waals surface area contributed by atoms with Gasteiger partial charge in [-0.25, -0.2) is 20.1 Å². The van der Waals surface area contributed by atoms with Crippen LogP contribution in [0.1, 0.15) is 25.7 Å². The zero-order valence-electron chi connectivity index (χ0n) is 17.6. The van der Waals surface area contributed by atoms with Crippen molar-refractivity contribution in [3.63, 3.8) is 0 Å². The third-order valence-electron chi connectivity index (χ3n) is 6.66. The number of hydrogen-bond acceptors (Lipinski definition) is 7. The Kier molecular flexibility index (Phi) is 4.38. The van der Waals surface area contributed by atoms with E-state index in [2.05, 4.69) is 35.4 Å². The monoisotopic (exact) mass is 425 g/mol. The summed E-state index contributed by atoms with van der Waals surface area (Å²) in [6, 6.07) is 13.7. The van der Waals surface area contributed by atoms with E-state index in [0.717, 1.165) is 30.2 Å². The summed E-state index contributed by atoms with van der Waals surface area (Å²) in [5.74, 6) is 1.95. The van der Waals surface area contributed by atoms with Crippen molar-refractivity contribution in [1.29, 1.82) is 0 Å². The molecule has 1 spiro atoms. The fourth-order valence-electron chi connectivity index (χ4n) is 4.48. The molecule has 0 amide bonds. The molecule has 8 nitrogen and oxygen atoms in total. The van der Waals surface area contributed by atoms with E-state index in [9.17, 15) is 4.79 Å². The topological polar surface area (TPSA) is 99.7 Å². The van der Waals surface area contributed by atoms with Gasteiger partial charge in [0.05, 0.1) is 18.1 Å². The van der Waals surface area contributed by atoms with Gasteiger partial charge >= 0.3 is 0 Å². The van der Waals surface area contributed by atoms with E-state index in [1.54, 1.807) is 12.4 Å². The Balaban J connectivity index is 1.31. The van der Waals surface area contributed by atoms with Crippen LogP contribution in [0.3, 0.4) is 0 Å². The summed E-state index contributed by atoms with van der Waals surface area (Å²) < 4.78 is 0. The molecule has 1 aliphatic heterocycles. The zero-order valence-corrected chi connectivity index (χ0v) is 17.6. The number of H-pyrrole nitrogens is 1. The smallest absolute Gasteiger partial charge is 0.277 e. The van der Waals surface area contributed by atoms with Gasteiger partial charge in [0.25, 0.3) is 5.56 Å². The summed E-state index contributed by atoms with van der Waals surface area (Å²) in [6.07, 6.45) is 8.65. The number of piperidine rings is 1. The minimum atomic E-state index is -0.337. The highest BCUT2D eigenvalue weighted by molar-refractivity contribution is 5.90. The van der Waals surface area contributed by atoms with Crippen LogP contribution in [0.15, 0.2) is 59.7 Å². The third kappa shape index (κ3) is 3.47. The molecule has 2 fully saturated rings. The molecule has 1 aliphatic carbocycles. The Morgan fingerprint density at radius 1 is 0.938 bits per heavy atom. The summed E-state index contributed by atoms with van der Waals surface area (Å²) in [5.41, 5.74) is 2.42. The summed E-state index contributed by atoms with van der Waals surface area (Å²) >= 11 is 0. The number of nitrogens with one attached hydrogen (secondary N) is 2. The average molecular weight is 425 g/mol. The number of anilines is 3. The van der Waals surface area contributed by atoms with E-state index in [1.807, 2.05) is 42.5 Å². The number of nitrogens with zero attached hydrogens (tertiary/aromatic N) is 5. The fourth-order valence-corrected chi connectivity index (χ4v) is 4.48. The number of aromatic nitrogens is 5. The van der Waals surface area contributed by atoms with Crippen molar-refractivity contribution in [3.8, 4) is 11.4 Å². The molecule has 0 atom stereocenters. The highest BCUT2D eigenvalue weighted by atomic mass is 16.1. The normalized spacial score (nSPS) is 16.9. The lowest BCUT2D eigenvalue weighted by Crippen LogP contribution is -2.34. The number of benzene rings is 1. The SMILES string of the molecule is O=c1[nH]ncc2nc(-c3ccccc3)nc(Nc3ccc(N4CCC5(CC4)CC5)nc3)c12. The van der Waals surface area contributed by atoms with Gasteiger partial charge in [-0.3, -0.25) is 4.79 Å². The van der Waals surface area contributed by atoms with E-state index in [-0.39, 0.29) is 5.56 Å². The van der Waals surface area contributed by atoms with Crippen LogP contribution in [0.4, 0.5) is 17.3 Å². The van der Waals surface area contributed by atoms with E-state index in [1.165, 1.54) is 25.7 Å². The summed E-state index contributed by atoms with van der Waals surface area (Å²) in [4.78, 5) is 28.7. The Labute approximate surface area is 184 Å². The van der Waals surface area contributed by atoms with Crippen molar-refractivity contribution < 1.29 is 0 Å². The quantitative estimate of drug-likeness (QED) is 0.511. The van der Waals surface area contributed by atoms with Gasteiger partial charge in [0.15, 0.2) is 5.82 Å². The van der Waals surface area contributed by atoms with Crippen molar-refractivity contribution in [2.24, 2.45) is 5.41 Å². The molecular formula is C24H23N7O. The van der Waals surface area contributed by atoms with Crippen LogP contribution >= 0.6 is 0 Å². The molecule has 32 heavy (non-hydrogen) atoms. The molecule has 2 N–H and O–H groups in total. The number of aromatic amines is 1. The number of fused-ring (bicyclic) bond motifs is 1. The molecule has 6 rings (SSSR count). The van der Waals surface area contributed by atoms with Gasteiger partial charge in [-0.05, 0) is 43.2 Å². The maximum absolute atomic E-state index is 12.5. The largest absolute Gasteiger partial charge is 0.357 e. The van der Waals surface area contributed by atoms with Crippen LogP contribution < -0.4 is 15.8 Å². The first kappa shape index (κ1) is 18.9. The molecule has 0 bridgehead atoms. The lowest BCUT2D eigenvalue weighted by molar-refractivity contribution is 0.383. The molecule has 1 saturated heterocycles. The third-order valence-corrected chi connectivity index (χ3v) is 6.66. The second-order valence-electron chi connectivity index (χ2n) is 8.74. The van der Waals surface area contributed by atoms with Crippen LogP contribution in [0, 0.1) is 5.41 Å². The maximum atomic E-state index is 12.5. The predicted molar refractivity (Wildman–Crippen MR) is 124 cm³/mol. The minimum Gasteiger partial charge on any atom is -0.357 e. The highest BCUT2D eigenvalue weighted by Crippen LogP contribution is 2.53. The molecule has 4 heterocycles. The van der Waals surface area contributed by atoms with Gasteiger partial charge in [0.1, 0.15) is 22.5 Å². The number of pyridine rings is 1. The van der Waals surface area contributed by atoms with Gasteiger partial charge in [-0.15, -0.1) is 0 Å². The maximum Gasteiger partial charge on any atom is 0.277 e. The molecule has 1 aromatic carbocycles. The lowest BCUT2D eigenvalue weighted by atomic mass is 9.94. The molecule has 2 aliphatic rings. The molecule has 0 unspecified atom stereocenters. The van der Waals surface area contributed by atoms with E-state index in [4.69, 9.17) is 0 Å². The Bertz CT molecular complexity index is 1320. The Morgan fingerprint density at radius 3 is 2.47 bits per heavy atom. The van der Waals surface area contributed by atoms with Gasteiger partial charge in [0, 0.05) is 18.7 Å². The van der Waals surface area contributed by atoms with Crippen LogP contribution in [-0.2, 0) is 0 Å². The first-order chi connectivity index (χ1) is 15.7. The van der Waals surface area contributed by atoms with Crippen LogP contribution in [0.5, 0.6) is 0 Å². The summed E-state index contributed by atoms with van der Waals surface area (Å²) in [7, 11) is 0. The second-order valence-corrected chi connectivity index (χ2v) is 8.74. The van der Waals surface area contributed by atoms with Gasteiger partial charge < -0.3 is 10.2 Å². The summed E-state index contributed by atoms with van der Waals surface area (Å²) in [5, 5.41) is 10.0. The van der Waals surface area contributed by atoms with Crippen molar-refractivity contribution in [1.82, 2.24) is 25.1 Å². The average Bonchev–Trinajstić information content (AvgIpc) is 3.59. The first-order valence-corrected chi connectivity index (χ1v) is 11.0. The van der Waals surface area contributed by atoms with Crippen molar-refractivity contribution in [2.75, 3.05) is 23.3 Å². The molecule has 3 aromatic heterocycles. The fraction of sp³-hybridized carbons (Fsp3) is 0.292. The lowest BCUT2D eigenvalue weighted by Gasteiger charge is -2.33. The van der Waals surface area contributed by atoms with Gasteiger partial charge in [0.2, 0.25) is 0 Å². The Hall–Kier alpha value is -3.81. The van der Waals surface area contributed by atoms with Crippen LogP contribution in [0.25, 0.3) is 22.3 Å². The second kappa shape index (κ2) is 7.40. The Morgan fingerprint density at radius 2 is 1.75 bits per heavy atom. The molecule has 8 heteroatoms. The molecule has 0 radical (unpaired) electrons.